The van der Waals surface area contributed by atoms with Gasteiger partial charge >= 0.3 is 0 Å². The molecule has 8 heteroatoms. The number of aromatic nitrogens is 1. The third-order valence-electron chi connectivity index (χ3n) is 4.17. The number of carbonyl (C=O) groups is 1. The molecule has 0 aliphatic heterocycles. The van der Waals surface area contributed by atoms with Gasteiger partial charge in [0.2, 0.25) is 10.0 Å². The maximum absolute atomic E-state index is 12.3. The highest BCUT2D eigenvalue weighted by molar-refractivity contribution is 7.89. The first kappa shape index (κ1) is 20.9. The Bertz CT molecular complexity index is 863. The van der Waals surface area contributed by atoms with Crippen LogP contribution in [0.1, 0.15) is 30.1 Å². The van der Waals surface area contributed by atoms with Crippen molar-refractivity contribution in [2.24, 2.45) is 0 Å². The number of benzene rings is 1. The van der Waals surface area contributed by atoms with Crippen molar-refractivity contribution in [2.75, 3.05) is 37.9 Å². The first-order valence-electron chi connectivity index (χ1n) is 8.77. The molecule has 1 aromatic heterocycles. The number of anilines is 2. The summed E-state index contributed by atoms with van der Waals surface area (Å²) < 4.78 is 25.3. The lowest BCUT2D eigenvalue weighted by atomic mass is 10.2. The molecule has 0 saturated carbocycles. The Labute approximate surface area is 161 Å². The van der Waals surface area contributed by atoms with E-state index in [1.807, 2.05) is 13.1 Å². The minimum absolute atomic E-state index is 0.140. The Morgan fingerprint density at radius 2 is 1.74 bits per heavy atom. The second-order valence-corrected chi connectivity index (χ2v) is 8.59. The van der Waals surface area contributed by atoms with Gasteiger partial charge in [0, 0.05) is 33.3 Å². The molecule has 0 aliphatic rings. The lowest BCUT2D eigenvalue weighted by Crippen LogP contribution is -2.22. The molecule has 0 fully saturated rings. The number of rotatable bonds is 8. The fourth-order valence-corrected chi connectivity index (χ4v) is 3.29. The zero-order valence-corrected chi connectivity index (χ0v) is 17.0. The molecule has 0 unspecified atom stereocenters. The number of hydrogen-bond donors (Lipinski definition) is 1. The molecule has 146 valence electrons. The van der Waals surface area contributed by atoms with Gasteiger partial charge in [0.25, 0.3) is 5.91 Å². The average Bonchev–Trinajstić information content (AvgIpc) is 2.66. The molecule has 0 saturated heterocycles. The van der Waals surface area contributed by atoms with Gasteiger partial charge in [0.15, 0.2) is 0 Å². The van der Waals surface area contributed by atoms with Crippen LogP contribution in [-0.2, 0) is 10.0 Å². The number of sulfonamides is 1. The van der Waals surface area contributed by atoms with Crippen molar-refractivity contribution in [2.45, 2.75) is 24.7 Å². The molecule has 1 amide bonds. The maximum Gasteiger partial charge on any atom is 0.256 e. The van der Waals surface area contributed by atoms with Crippen LogP contribution in [0.2, 0.25) is 0 Å². The van der Waals surface area contributed by atoms with Crippen LogP contribution in [0.25, 0.3) is 0 Å². The van der Waals surface area contributed by atoms with E-state index >= 15 is 0 Å². The molecule has 2 aromatic rings. The molecule has 1 N–H and O–H groups in total. The summed E-state index contributed by atoms with van der Waals surface area (Å²) in [6.45, 7) is 3.10. The van der Waals surface area contributed by atoms with Crippen LogP contribution in [0.4, 0.5) is 11.5 Å². The number of nitrogens with one attached hydrogen (secondary N) is 1. The number of hydrogen-bond acceptors (Lipinski definition) is 5. The van der Waals surface area contributed by atoms with Crippen molar-refractivity contribution in [3.8, 4) is 0 Å². The molecule has 0 bridgehead atoms. The van der Waals surface area contributed by atoms with Crippen LogP contribution in [0.15, 0.2) is 47.5 Å². The minimum Gasteiger partial charge on any atom is -0.373 e. The molecule has 0 atom stereocenters. The monoisotopic (exact) mass is 390 g/mol. The summed E-state index contributed by atoms with van der Waals surface area (Å²) >= 11 is 0. The van der Waals surface area contributed by atoms with E-state index in [0.717, 1.165) is 29.4 Å². The van der Waals surface area contributed by atoms with Crippen molar-refractivity contribution in [3.63, 3.8) is 0 Å². The second kappa shape index (κ2) is 8.96. The standard InChI is InChI=1S/C19H26N4O3S/c1-5-6-13-23(4)16-9-12-18(20-14-16)21-19(24)15-7-10-17(11-8-15)27(25,26)22(2)3/h7-12,14H,5-6,13H2,1-4H3,(H,20,21,24). The Morgan fingerprint density at radius 3 is 2.26 bits per heavy atom. The van der Waals surface area contributed by atoms with E-state index in [-0.39, 0.29) is 10.8 Å². The normalized spacial score (nSPS) is 11.4. The Morgan fingerprint density at radius 1 is 1.07 bits per heavy atom. The molecule has 0 spiro atoms. The SMILES string of the molecule is CCCCN(C)c1ccc(NC(=O)c2ccc(S(=O)(=O)N(C)C)cc2)nc1. The summed E-state index contributed by atoms with van der Waals surface area (Å²) in [4.78, 5) is 18.9. The average molecular weight is 391 g/mol. The van der Waals surface area contributed by atoms with Crippen molar-refractivity contribution in [1.82, 2.24) is 9.29 Å². The predicted octanol–water partition coefficient (Wildman–Crippen LogP) is 2.82. The highest BCUT2D eigenvalue weighted by Gasteiger charge is 2.17. The topological polar surface area (TPSA) is 82.6 Å². The van der Waals surface area contributed by atoms with E-state index in [4.69, 9.17) is 0 Å². The number of amides is 1. The first-order chi connectivity index (χ1) is 12.8. The molecular formula is C19H26N4O3S. The highest BCUT2D eigenvalue weighted by Crippen LogP contribution is 2.17. The van der Waals surface area contributed by atoms with Crippen LogP contribution >= 0.6 is 0 Å². The summed E-state index contributed by atoms with van der Waals surface area (Å²) in [7, 11) is 1.42. The largest absolute Gasteiger partial charge is 0.373 e. The van der Waals surface area contributed by atoms with Crippen LogP contribution in [0, 0.1) is 0 Å². The number of nitrogens with zero attached hydrogens (tertiary/aromatic N) is 3. The van der Waals surface area contributed by atoms with Gasteiger partial charge in [0.1, 0.15) is 5.82 Å². The molecule has 0 aliphatic carbocycles. The van der Waals surface area contributed by atoms with Gasteiger partial charge in [-0.2, -0.15) is 0 Å². The van der Waals surface area contributed by atoms with Crippen LogP contribution in [-0.4, -0.2) is 51.3 Å². The number of carbonyl (C=O) groups excluding carboxylic acids is 1. The van der Waals surface area contributed by atoms with Gasteiger partial charge in [0.05, 0.1) is 16.8 Å². The lowest BCUT2D eigenvalue weighted by Gasteiger charge is -2.18. The smallest absolute Gasteiger partial charge is 0.256 e. The van der Waals surface area contributed by atoms with Gasteiger partial charge in [-0.3, -0.25) is 4.79 Å². The van der Waals surface area contributed by atoms with Crippen LogP contribution < -0.4 is 10.2 Å². The second-order valence-electron chi connectivity index (χ2n) is 6.44. The Kier molecular flexibility index (Phi) is 6.92. The van der Waals surface area contributed by atoms with Gasteiger partial charge in [-0.1, -0.05) is 13.3 Å². The fraction of sp³-hybridized carbons (Fsp3) is 0.368. The van der Waals surface area contributed by atoms with E-state index in [0.29, 0.717) is 11.4 Å². The van der Waals surface area contributed by atoms with Gasteiger partial charge in [-0.25, -0.2) is 17.7 Å². The number of pyridine rings is 1. The highest BCUT2D eigenvalue weighted by atomic mass is 32.2. The predicted molar refractivity (Wildman–Crippen MR) is 108 cm³/mol. The summed E-state index contributed by atoms with van der Waals surface area (Å²) in [5.74, 6) is 0.0982. The quantitative estimate of drug-likeness (QED) is 0.749. The van der Waals surface area contributed by atoms with E-state index < -0.39 is 10.0 Å². The van der Waals surface area contributed by atoms with Gasteiger partial charge in [-0.05, 0) is 42.8 Å². The Balaban J connectivity index is 2.05. The minimum atomic E-state index is -3.51. The summed E-state index contributed by atoms with van der Waals surface area (Å²) in [5, 5.41) is 2.72. The molecule has 1 heterocycles. The molecule has 0 radical (unpaired) electrons. The number of unbranched alkanes of at least 4 members (excludes halogenated alkanes) is 1. The fourth-order valence-electron chi connectivity index (χ4n) is 2.39. The molecule has 7 nitrogen and oxygen atoms in total. The zero-order valence-electron chi connectivity index (χ0n) is 16.1. The molecule has 27 heavy (non-hydrogen) atoms. The van der Waals surface area contributed by atoms with Crippen molar-refractivity contribution in [3.05, 3.63) is 48.2 Å². The van der Waals surface area contributed by atoms with E-state index in [9.17, 15) is 13.2 Å². The third-order valence-corrected chi connectivity index (χ3v) is 6.00. The molecule has 2 rings (SSSR count). The van der Waals surface area contributed by atoms with E-state index in [2.05, 4.69) is 22.1 Å². The molecule has 1 aromatic carbocycles. The van der Waals surface area contributed by atoms with E-state index in [1.165, 1.54) is 38.4 Å². The zero-order chi connectivity index (χ0) is 20.0. The van der Waals surface area contributed by atoms with Crippen LogP contribution in [0.5, 0.6) is 0 Å². The van der Waals surface area contributed by atoms with E-state index in [1.54, 1.807) is 12.3 Å². The summed E-state index contributed by atoms with van der Waals surface area (Å²) in [5.41, 5.74) is 1.35. The Hall–Kier alpha value is -2.45. The van der Waals surface area contributed by atoms with Crippen molar-refractivity contribution >= 4 is 27.4 Å². The van der Waals surface area contributed by atoms with Gasteiger partial charge < -0.3 is 10.2 Å². The molecular weight excluding hydrogens is 364 g/mol. The third kappa shape index (κ3) is 5.27. The summed E-state index contributed by atoms with van der Waals surface area (Å²) in [6.07, 6.45) is 3.95. The van der Waals surface area contributed by atoms with Gasteiger partial charge in [-0.15, -0.1) is 0 Å². The lowest BCUT2D eigenvalue weighted by molar-refractivity contribution is 0.102. The summed E-state index contributed by atoms with van der Waals surface area (Å²) in [6, 6.07) is 9.47. The van der Waals surface area contributed by atoms with Crippen molar-refractivity contribution in [1.29, 1.82) is 0 Å². The maximum atomic E-state index is 12.3. The van der Waals surface area contributed by atoms with Crippen molar-refractivity contribution < 1.29 is 13.2 Å². The van der Waals surface area contributed by atoms with Crippen LogP contribution in [0.3, 0.4) is 0 Å². The first-order valence-corrected chi connectivity index (χ1v) is 10.2.